The standard InChI is InChI=1S/C27H26F2N10O/c1-37-8-10-38(11-9-37)23-5-3-18(12-31-23)35-27-34-13-20-19(6-7-30-25(20)36-27)17-2-4-24-32-14-21(39(24)16-17)26(40)33-15-22(28)29/h2-7,12-14,16,22H,8-11,15H2,1H3,(H,33,40)(H,30,34,35,36). The van der Waals surface area contributed by atoms with Gasteiger partial charge in [0.05, 0.1) is 24.6 Å². The van der Waals surface area contributed by atoms with Crippen LogP contribution in [0.5, 0.6) is 0 Å². The predicted octanol–water partition coefficient (Wildman–Crippen LogP) is 3.22. The van der Waals surface area contributed by atoms with Crippen LogP contribution in [0.4, 0.5) is 26.2 Å². The van der Waals surface area contributed by atoms with Crippen LogP contribution in [0, 0.1) is 0 Å². The first-order chi connectivity index (χ1) is 19.4. The summed E-state index contributed by atoms with van der Waals surface area (Å²) in [4.78, 5) is 39.3. The molecule has 1 fully saturated rings. The number of amides is 1. The molecule has 0 radical (unpaired) electrons. The van der Waals surface area contributed by atoms with Crippen molar-refractivity contribution in [2.75, 3.05) is 50.0 Å². The number of hydrogen-bond acceptors (Lipinski definition) is 9. The van der Waals surface area contributed by atoms with E-state index >= 15 is 0 Å². The highest BCUT2D eigenvalue weighted by molar-refractivity contribution is 5.95. The summed E-state index contributed by atoms with van der Waals surface area (Å²) in [7, 11) is 2.12. The fraction of sp³-hybridized carbons (Fsp3) is 0.259. The number of likely N-dealkylation sites (N-methyl/N-ethyl adjacent to an activating group) is 1. The van der Waals surface area contributed by atoms with Crippen molar-refractivity contribution in [2.24, 2.45) is 0 Å². The van der Waals surface area contributed by atoms with Crippen molar-refractivity contribution in [1.29, 1.82) is 0 Å². The molecule has 11 nitrogen and oxygen atoms in total. The zero-order valence-corrected chi connectivity index (χ0v) is 21.6. The summed E-state index contributed by atoms with van der Waals surface area (Å²) in [5.74, 6) is 0.692. The Bertz CT molecular complexity index is 1670. The van der Waals surface area contributed by atoms with Gasteiger partial charge >= 0.3 is 0 Å². The van der Waals surface area contributed by atoms with Gasteiger partial charge in [-0.25, -0.2) is 28.7 Å². The van der Waals surface area contributed by atoms with Crippen LogP contribution in [-0.4, -0.2) is 86.3 Å². The van der Waals surface area contributed by atoms with Gasteiger partial charge in [0, 0.05) is 50.2 Å². The van der Waals surface area contributed by atoms with Gasteiger partial charge in [-0.3, -0.25) is 9.20 Å². The molecule has 6 heterocycles. The topological polar surface area (TPSA) is 116 Å². The largest absolute Gasteiger partial charge is 0.354 e. The van der Waals surface area contributed by atoms with Crippen molar-refractivity contribution in [3.63, 3.8) is 0 Å². The minimum Gasteiger partial charge on any atom is -0.354 e. The van der Waals surface area contributed by atoms with Crippen molar-refractivity contribution in [1.82, 2.24) is 39.5 Å². The summed E-state index contributed by atoms with van der Waals surface area (Å²) in [6, 6.07) is 9.37. The predicted molar refractivity (Wildman–Crippen MR) is 147 cm³/mol. The van der Waals surface area contributed by atoms with Crippen LogP contribution in [0.1, 0.15) is 10.5 Å². The number of nitrogens with one attached hydrogen (secondary N) is 2. The first kappa shape index (κ1) is 25.5. The molecule has 13 heteroatoms. The maximum atomic E-state index is 12.6. The third-order valence-electron chi connectivity index (χ3n) is 6.79. The Hall–Kier alpha value is -4.78. The number of pyridine rings is 3. The lowest BCUT2D eigenvalue weighted by molar-refractivity contribution is 0.0886. The summed E-state index contributed by atoms with van der Waals surface area (Å²) in [5.41, 5.74) is 3.47. The highest BCUT2D eigenvalue weighted by atomic mass is 19.3. The molecule has 5 aromatic rings. The summed E-state index contributed by atoms with van der Waals surface area (Å²) in [6.45, 7) is 3.17. The first-order valence-electron chi connectivity index (χ1n) is 12.8. The van der Waals surface area contributed by atoms with Gasteiger partial charge < -0.3 is 20.4 Å². The summed E-state index contributed by atoms with van der Waals surface area (Å²) in [5, 5.41) is 6.12. The molecular formula is C27H26F2N10O. The molecule has 1 amide bonds. The number of rotatable bonds is 7. The first-order valence-corrected chi connectivity index (χ1v) is 12.8. The minimum atomic E-state index is -2.64. The average molecular weight is 545 g/mol. The van der Waals surface area contributed by atoms with Crippen LogP contribution in [-0.2, 0) is 0 Å². The van der Waals surface area contributed by atoms with Crippen LogP contribution in [0.2, 0.25) is 0 Å². The molecule has 6 rings (SSSR count). The third kappa shape index (κ3) is 5.23. The number of alkyl halides is 2. The van der Waals surface area contributed by atoms with E-state index in [0.717, 1.165) is 48.8 Å². The van der Waals surface area contributed by atoms with Gasteiger partial charge in [-0.2, -0.15) is 4.98 Å². The Kier molecular flexibility index (Phi) is 6.86. The highest BCUT2D eigenvalue weighted by Gasteiger charge is 2.17. The molecule has 0 aliphatic carbocycles. The van der Waals surface area contributed by atoms with E-state index in [4.69, 9.17) is 0 Å². The lowest BCUT2D eigenvalue weighted by Gasteiger charge is -2.33. The molecular weight excluding hydrogens is 518 g/mol. The Balaban J connectivity index is 1.23. The number of carbonyl (C=O) groups excluding carboxylic acids is 1. The van der Waals surface area contributed by atoms with E-state index in [1.165, 1.54) is 6.20 Å². The minimum absolute atomic E-state index is 0.158. The maximum Gasteiger partial charge on any atom is 0.270 e. The normalized spacial score (nSPS) is 14.2. The fourth-order valence-electron chi connectivity index (χ4n) is 4.63. The van der Waals surface area contributed by atoms with Crippen molar-refractivity contribution < 1.29 is 13.6 Å². The van der Waals surface area contributed by atoms with Gasteiger partial charge in [0.2, 0.25) is 5.95 Å². The molecule has 0 spiro atoms. The molecule has 5 aromatic heterocycles. The Morgan fingerprint density at radius 3 is 2.60 bits per heavy atom. The number of aromatic nitrogens is 6. The van der Waals surface area contributed by atoms with Gasteiger partial charge in [0.25, 0.3) is 12.3 Å². The molecule has 1 aliphatic heterocycles. The second kappa shape index (κ2) is 10.8. The second-order valence-electron chi connectivity index (χ2n) is 9.50. The smallest absolute Gasteiger partial charge is 0.270 e. The Morgan fingerprint density at radius 2 is 1.82 bits per heavy atom. The molecule has 1 aliphatic rings. The van der Waals surface area contributed by atoms with Crippen LogP contribution in [0.25, 0.3) is 27.8 Å². The maximum absolute atomic E-state index is 12.6. The Labute approximate surface area is 227 Å². The van der Waals surface area contributed by atoms with E-state index in [2.05, 4.69) is 52.4 Å². The highest BCUT2D eigenvalue weighted by Crippen LogP contribution is 2.28. The molecule has 40 heavy (non-hydrogen) atoms. The fourth-order valence-corrected chi connectivity index (χ4v) is 4.63. The third-order valence-corrected chi connectivity index (χ3v) is 6.79. The molecule has 0 bridgehead atoms. The second-order valence-corrected chi connectivity index (χ2v) is 9.50. The van der Waals surface area contributed by atoms with Gasteiger partial charge in [0.15, 0.2) is 5.65 Å². The molecule has 0 atom stereocenters. The van der Waals surface area contributed by atoms with Gasteiger partial charge in [-0.1, -0.05) is 0 Å². The number of imidazole rings is 1. The number of piperazine rings is 1. The van der Waals surface area contributed by atoms with Crippen LogP contribution in [0.15, 0.2) is 61.3 Å². The number of hydrogen-bond donors (Lipinski definition) is 2. The summed E-state index contributed by atoms with van der Waals surface area (Å²) < 4.78 is 26.7. The Morgan fingerprint density at radius 1 is 0.975 bits per heavy atom. The molecule has 204 valence electrons. The number of anilines is 3. The molecule has 2 N–H and O–H groups in total. The van der Waals surface area contributed by atoms with E-state index in [1.807, 2.05) is 24.3 Å². The van der Waals surface area contributed by atoms with E-state index < -0.39 is 18.9 Å². The summed E-state index contributed by atoms with van der Waals surface area (Å²) >= 11 is 0. The van der Waals surface area contributed by atoms with Crippen LogP contribution >= 0.6 is 0 Å². The van der Waals surface area contributed by atoms with E-state index in [-0.39, 0.29) is 5.69 Å². The number of fused-ring (bicyclic) bond motifs is 2. The number of carbonyl (C=O) groups is 1. The van der Waals surface area contributed by atoms with Crippen molar-refractivity contribution in [3.8, 4) is 11.1 Å². The van der Waals surface area contributed by atoms with Crippen molar-refractivity contribution in [3.05, 3.63) is 67.0 Å². The van der Waals surface area contributed by atoms with Crippen molar-refractivity contribution >= 4 is 40.0 Å². The quantitative estimate of drug-likeness (QED) is 0.319. The number of nitrogens with zero attached hydrogens (tertiary/aromatic N) is 8. The van der Waals surface area contributed by atoms with Gasteiger partial charge in [-0.05, 0) is 48.5 Å². The zero-order chi connectivity index (χ0) is 27.6. The van der Waals surface area contributed by atoms with Gasteiger partial charge in [0.1, 0.15) is 17.2 Å². The zero-order valence-electron chi connectivity index (χ0n) is 21.6. The molecule has 1 saturated heterocycles. The molecule has 0 unspecified atom stereocenters. The van der Waals surface area contributed by atoms with E-state index in [0.29, 0.717) is 22.6 Å². The van der Waals surface area contributed by atoms with Gasteiger partial charge in [-0.15, -0.1) is 0 Å². The van der Waals surface area contributed by atoms with E-state index in [1.54, 1.807) is 35.3 Å². The average Bonchev–Trinajstić information content (AvgIpc) is 3.40. The molecule has 0 saturated carbocycles. The summed E-state index contributed by atoms with van der Waals surface area (Å²) in [6.07, 6.45) is 5.55. The lowest BCUT2D eigenvalue weighted by Crippen LogP contribution is -2.44. The van der Waals surface area contributed by atoms with Crippen LogP contribution < -0.4 is 15.5 Å². The monoisotopic (exact) mass is 544 g/mol. The number of halogens is 2. The van der Waals surface area contributed by atoms with Crippen LogP contribution in [0.3, 0.4) is 0 Å². The lowest BCUT2D eigenvalue weighted by atomic mass is 10.1. The van der Waals surface area contributed by atoms with Crippen molar-refractivity contribution in [2.45, 2.75) is 6.43 Å². The molecule has 0 aromatic carbocycles. The van der Waals surface area contributed by atoms with E-state index in [9.17, 15) is 13.6 Å². The SMILES string of the molecule is CN1CCN(c2ccc(Nc3ncc4c(-c5ccc6ncc(C(=O)NCC(F)F)n6c5)ccnc4n3)cn2)CC1.